The van der Waals surface area contributed by atoms with Gasteiger partial charge in [0.05, 0.1) is 0 Å². The SMILES string of the molecule is C[CH-]C.[CH2-]CNCCCN.[CH2-]CNCCCN.[CH2-]CNCCCN.[Ti+4]. The summed E-state index contributed by atoms with van der Waals surface area (Å²) in [7, 11) is 0. The van der Waals surface area contributed by atoms with Gasteiger partial charge in [-0.05, 0) is 58.5 Å². The van der Waals surface area contributed by atoms with Gasteiger partial charge in [-0.2, -0.15) is 13.8 Å². The van der Waals surface area contributed by atoms with Gasteiger partial charge in [0.25, 0.3) is 0 Å². The summed E-state index contributed by atoms with van der Waals surface area (Å²) in [4.78, 5) is 0. The zero-order valence-electron chi connectivity index (χ0n) is 16.9. The molecule has 0 heterocycles. The molecule has 0 radical (unpaired) electrons. The fraction of sp³-hybridized carbons (Fsp3) is 0.778. The van der Waals surface area contributed by atoms with Crippen LogP contribution in [0.1, 0.15) is 33.1 Å². The standard InChI is InChI=1S/3C5H13N2.C3H7.Ti/c3*1-2-7-5-3-4-6;1-3-2;/h3*7H,1-6H2;3H,1-2H3;/q4*-1;+4. The Morgan fingerprint density at radius 3 is 0.960 bits per heavy atom. The van der Waals surface area contributed by atoms with E-state index in [0.29, 0.717) is 0 Å². The van der Waals surface area contributed by atoms with Gasteiger partial charge in [0.15, 0.2) is 0 Å². The van der Waals surface area contributed by atoms with Gasteiger partial charge < -0.3 is 60.3 Å². The molecule has 0 aliphatic heterocycles. The van der Waals surface area contributed by atoms with Crippen molar-refractivity contribution in [3.05, 3.63) is 27.2 Å². The second kappa shape index (κ2) is 49.7. The van der Waals surface area contributed by atoms with Crippen LogP contribution in [0.5, 0.6) is 0 Å². The Kier molecular flexibility index (Phi) is 72.4. The number of nitrogens with two attached hydrogens (primary N) is 3. The third-order valence-corrected chi connectivity index (χ3v) is 2.20. The van der Waals surface area contributed by atoms with E-state index in [1.165, 1.54) is 0 Å². The number of rotatable bonds is 12. The Morgan fingerprint density at radius 1 is 0.640 bits per heavy atom. The van der Waals surface area contributed by atoms with E-state index in [9.17, 15) is 0 Å². The van der Waals surface area contributed by atoms with Crippen molar-refractivity contribution in [2.45, 2.75) is 33.1 Å². The van der Waals surface area contributed by atoms with E-state index in [4.69, 9.17) is 17.2 Å². The minimum atomic E-state index is 0. The van der Waals surface area contributed by atoms with Gasteiger partial charge in [0.1, 0.15) is 0 Å². The Morgan fingerprint density at radius 2 is 0.840 bits per heavy atom. The first-order valence-electron chi connectivity index (χ1n) is 9.00. The molecule has 0 bridgehead atoms. The molecule has 0 spiro atoms. The van der Waals surface area contributed by atoms with E-state index < -0.39 is 0 Å². The molecule has 0 atom stereocenters. The predicted molar refractivity (Wildman–Crippen MR) is 111 cm³/mol. The van der Waals surface area contributed by atoms with E-state index in [1.807, 2.05) is 20.3 Å². The summed E-state index contributed by atoms with van der Waals surface area (Å²) < 4.78 is 0. The smallest absolute Gasteiger partial charge is 0.346 e. The van der Waals surface area contributed by atoms with E-state index in [2.05, 4.69) is 36.7 Å². The van der Waals surface area contributed by atoms with Gasteiger partial charge in [-0.1, -0.05) is 0 Å². The fourth-order valence-corrected chi connectivity index (χ4v) is 1.06. The van der Waals surface area contributed by atoms with Gasteiger partial charge in [0.2, 0.25) is 0 Å². The van der Waals surface area contributed by atoms with Crippen molar-refractivity contribution in [2.24, 2.45) is 17.2 Å². The van der Waals surface area contributed by atoms with Crippen LogP contribution in [0, 0.1) is 27.2 Å². The van der Waals surface area contributed by atoms with Crippen LogP contribution in [-0.4, -0.2) is 58.9 Å². The number of hydrogen-bond donors (Lipinski definition) is 6. The summed E-state index contributed by atoms with van der Waals surface area (Å²) in [5.41, 5.74) is 15.6. The van der Waals surface area contributed by atoms with Crippen LogP contribution in [0.25, 0.3) is 0 Å². The molecule has 0 aliphatic carbocycles. The normalized spacial score (nSPS) is 8.64. The molecule has 0 rings (SSSR count). The molecule has 0 aromatic heterocycles. The molecule has 152 valence electrons. The molecule has 0 aromatic carbocycles. The van der Waals surface area contributed by atoms with Crippen LogP contribution >= 0.6 is 0 Å². The minimum absolute atomic E-state index is 0. The fourth-order valence-electron chi connectivity index (χ4n) is 1.06. The van der Waals surface area contributed by atoms with Crippen molar-refractivity contribution < 1.29 is 21.7 Å². The van der Waals surface area contributed by atoms with Crippen LogP contribution in [0.4, 0.5) is 0 Å². The van der Waals surface area contributed by atoms with E-state index >= 15 is 0 Å². The van der Waals surface area contributed by atoms with Crippen molar-refractivity contribution in [1.82, 2.24) is 16.0 Å². The van der Waals surface area contributed by atoms with Gasteiger partial charge in [-0.3, -0.25) is 0 Å². The predicted octanol–water partition coefficient (Wildman–Crippen LogP) is 0.505. The summed E-state index contributed by atoms with van der Waals surface area (Å²) in [6.07, 6.45) is 5.15. The monoisotopic (exact) mass is 394 g/mol. The summed E-state index contributed by atoms with van der Waals surface area (Å²) in [6.45, 7) is 22.5. The molecule has 0 aromatic rings. The van der Waals surface area contributed by atoms with Gasteiger partial charge in [-0.25, -0.2) is 0 Å². The maximum Gasteiger partial charge on any atom is 4.00 e. The molecular weight excluding hydrogens is 348 g/mol. The third kappa shape index (κ3) is 79.4. The first-order chi connectivity index (χ1) is 11.7. The van der Waals surface area contributed by atoms with Gasteiger partial charge in [0, 0.05) is 0 Å². The van der Waals surface area contributed by atoms with Crippen molar-refractivity contribution >= 4 is 0 Å². The third-order valence-electron chi connectivity index (χ3n) is 2.20. The van der Waals surface area contributed by atoms with Crippen LogP contribution in [0.3, 0.4) is 0 Å². The van der Waals surface area contributed by atoms with E-state index in [0.717, 1.165) is 78.2 Å². The Bertz CT molecular complexity index is 118. The van der Waals surface area contributed by atoms with Crippen molar-refractivity contribution in [2.75, 3.05) is 58.9 Å². The van der Waals surface area contributed by atoms with E-state index in [-0.39, 0.29) is 21.7 Å². The average molecular weight is 394 g/mol. The molecule has 0 fully saturated rings. The quantitative estimate of drug-likeness (QED) is 0.163. The molecule has 6 nitrogen and oxygen atoms in total. The van der Waals surface area contributed by atoms with Crippen LogP contribution in [0.15, 0.2) is 0 Å². The van der Waals surface area contributed by atoms with Gasteiger partial charge >= 0.3 is 21.7 Å². The molecule has 0 aliphatic rings. The molecule has 0 amide bonds. The molecule has 0 saturated carbocycles. The molecule has 25 heavy (non-hydrogen) atoms. The Hall–Kier alpha value is 0.474. The summed E-state index contributed by atoms with van der Waals surface area (Å²) >= 11 is 0. The zero-order chi connectivity index (χ0) is 19.3. The van der Waals surface area contributed by atoms with Crippen molar-refractivity contribution in [3.63, 3.8) is 0 Å². The van der Waals surface area contributed by atoms with Crippen molar-refractivity contribution in [1.29, 1.82) is 0 Å². The van der Waals surface area contributed by atoms with Crippen LogP contribution in [0.2, 0.25) is 0 Å². The maximum atomic E-state index is 5.21. The zero-order valence-corrected chi connectivity index (χ0v) is 18.5. The number of nitrogens with one attached hydrogen (secondary N) is 3. The first kappa shape index (κ1) is 36.4. The largest absolute Gasteiger partial charge is 4.00 e. The first-order valence-corrected chi connectivity index (χ1v) is 9.00. The molecule has 0 saturated heterocycles. The summed E-state index contributed by atoms with van der Waals surface area (Å²) in [5, 5.41) is 9.17. The average Bonchev–Trinajstić information content (AvgIpc) is 2.58. The summed E-state index contributed by atoms with van der Waals surface area (Å²) in [6, 6.07) is 0. The molecule has 0 unspecified atom stereocenters. The molecule has 9 N–H and O–H groups in total. The number of hydrogen-bond acceptors (Lipinski definition) is 6. The van der Waals surface area contributed by atoms with Gasteiger partial charge in [-0.15, -0.1) is 19.6 Å². The summed E-state index contributed by atoms with van der Waals surface area (Å²) in [5.74, 6) is 0. The Balaban J connectivity index is -0.0000000727. The second-order valence-corrected chi connectivity index (χ2v) is 4.75. The van der Waals surface area contributed by atoms with E-state index in [1.54, 1.807) is 0 Å². The Labute approximate surface area is 174 Å². The second-order valence-electron chi connectivity index (χ2n) is 4.75. The van der Waals surface area contributed by atoms with Crippen LogP contribution < -0.4 is 33.2 Å². The molecular formula is C18H46N6Ti. The minimum Gasteiger partial charge on any atom is -0.346 e. The van der Waals surface area contributed by atoms with Crippen LogP contribution in [-0.2, 0) is 21.7 Å². The topological polar surface area (TPSA) is 114 Å². The van der Waals surface area contributed by atoms with Crippen molar-refractivity contribution in [3.8, 4) is 0 Å². The molecule has 7 heteroatoms. The maximum absolute atomic E-state index is 5.21.